The number of nitrogens with zero attached hydrogens (tertiary/aromatic N) is 2. The minimum atomic E-state index is -0.343. The van der Waals surface area contributed by atoms with Crippen molar-refractivity contribution in [3.05, 3.63) is 30.1 Å². The third-order valence-electron chi connectivity index (χ3n) is 2.87. The van der Waals surface area contributed by atoms with Gasteiger partial charge in [0.15, 0.2) is 0 Å². The first-order valence-corrected chi connectivity index (χ1v) is 5.13. The van der Waals surface area contributed by atoms with Gasteiger partial charge in [-0.2, -0.15) is 0 Å². The van der Waals surface area contributed by atoms with Crippen LogP contribution in [-0.4, -0.2) is 37.1 Å². The number of amides is 2. The van der Waals surface area contributed by atoms with E-state index in [0.29, 0.717) is 18.8 Å². The smallest absolute Gasteiger partial charge is 0.324 e. The van der Waals surface area contributed by atoms with Crippen LogP contribution in [0.25, 0.3) is 0 Å². The largest absolute Gasteiger partial charge is 0.328 e. The highest BCUT2D eigenvalue weighted by Gasteiger charge is 2.34. The van der Waals surface area contributed by atoms with Crippen molar-refractivity contribution < 1.29 is 9.18 Å². The summed E-state index contributed by atoms with van der Waals surface area (Å²) in [6, 6.07) is 5.87. The monoisotopic (exact) mass is 223 g/mol. The molecule has 4 nitrogen and oxygen atoms in total. The molecule has 1 heterocycles. The highest BCUT2D eigenvalue weighted by molar-refractivity contribution is 5.94. The Hall–Kier alpha value is -1.62. The average molecular weight is 223 g/mol. The summed E-state index contributed by atoms with van der Waals surface area (Å²) in [7, 11) is 1.71. The Morgan fingerprint density at radius 2 is 2.31 bits per heavy atom. The third kappa shape index (κ3) is 1.74. The maximum absolute atomic E-state index is 13.0. The van der Waals surface area contributed by atoms with E-state index in [-0.39, 0.29) is 17.9 Å². The summed E-state index contributed by atoms with van der Waals surface area (Å²) in [6.45, 7) is 0.920. The number of benzene rings is 1. The van der Waals surface area contributed by atoms with Crippen molar-refractivity contribution in [2.75, 3.05) is 25.0 Å². The van der Waals surface area contributed by atoms with Crippen molar-refractivity contribution >= 4 is 11.7 Å². The van der Waals surface area contributed by atoms with Gasteiger partial charge in [0, 0.05) is 25.8 Å². The number of anilines is 1. The number of nitrogens with two attached hydrogens (primary N) is 1. The molecule has 5 heteroatoms. The van der Waals surface area contributed by atoms with E-state index in [9.17, 15) is 9.18 Å². The van der Waals surface area contributed by atoms with Crippen LogP contribution in [0.15, 0.2) is 24.3 Å². The zero-order valence-corrected chi connectivity index (χ0v) is 9.06. The van der Waals surface area contributed by atoms with Crippen molar-refractivity contribution in [1.29, 1.82) is 0 Å². The Labute approximate surface area is 93.4 Å². The molecule has 86 valence electrons. The van der Waals surface area contributed by atoms with Crippen LogP contribution < -0.4 is 10.6 Å². The first-order valence-electron chi connectivity index (χ1n) is 5.13. The van der Waals surface area contributed by atoms with Crippen LogP contribution in [0.1, 0.15) is 0 Å². The van der Waals surface area contributed by atoms with Crippen LogP contribution in [0, 0.1) is 5.82 Å². The lowest BCUT2D eigenvalue weighted by atomic mass is 10.2. The normalized spacial score (nSPS) is 20.7. The van der Waals surface area contributed by atoms with Gasteiger partial charge >= 0.3 is 6.03 Å². The van der Waals surface area contributed by atoms with Crippen LogP contribution in [-0.2, 0) is 0 Å². The van der Waals surface area contributed by atoms with Crippen LogP contribution in [0.4, 0.5) is 14.9 Å². The van der Waals surface area contributed by atoms with E-state index in [2.05, 4.69) is 0 Å². The van der Waals surface area contributed by atoms with Gasteiger partial charge in [0.2, 0.25) is 0 Å². The molecule has 0 aromatic heterocycles. The quantitative estimate of drug-likeness (QED) is 0.814. The Morgan fingerprint density at radius 1 is 1.56 bits per heavy atom. The molecule has 1 saturated heterocycles. The summed E-state index contributed by atoms with van der Waals surface area (Å²) in [4.78, 5) is 15.0. The Morgan fingerprint density at radius 3 is 2.88 bits per heavy atom. The highest BCUT2D eigenvalue weighted by Crippen LogP contribution is 2.22. The van der Waals surface area contributed by atoms with E-state index in [1.54, 1.807) is 29.0 Å². The molecule has 1 aliphatic heterocycles. The molecule has 1 aromatic carbocycles. The van der Waals surface area contributed by atoms with Crippen LogP contribution in [0.3, 0.4) is 0 Å². The topological polar surface area (TPSA) is 49.6 Å². The zero-order chi connectivity index (χ0) is 11.7. The maximum atomic E-state index is 13.0. The number of halogens is 1. The first kappa shape index (κ1) is 10.9. The minimum Gasteiger partial charge on any atom is -0.328 e. The number of urea groups is 1. The molecule has 1 aromatic rings. The summed E-state index contributed by atoms with van der Waals surface area (Å²) in [5.41, 5.74) is 6.14. The molecular formula is C11H14FN3O. The Kier molecular flexibility index (Phi) is 2.78. The summed E-state index contributed by atoms with van der Waals surface area (Å²) in [5, 5.41) is 0. The second-order valence-corrected chi connectivity index (χ2v) is 3.87. The lowest BCUT2D eigenvalue weighted by Crippen LogP contribution is -2.35. The summed E-state index contributed by atoms with van der Waals surface area (Å²) in [5.74, 6) is -0.343. The number of hydrogen-bond donors (Lipinski definition) is 1. The van der Waals surface area contributed by atoms with Gasteiger partial charge in [-0.3, -0.25) is 4.90 Å². The fourth-order valence-electron chi connectivity index (χ4n) is 1.85. The highest BCUT2D eigenvalue weighted by atomic mass is 19.1. The zero-order valence-electron chi connectivity index (χ0n) is 9.06. The molecule has 2 N–H and O–H groups in total. The molecule has 1 fully saturated rings. The van der Waals surface area contributed by atoms with Gasteiger partial charge in [0.25, 0.3) is 0 Å². The fourth-order valence-corrected chi connectivity index (χ4v) is 1.85. The Balaban J connectivity index is 2.26. The van der Waals surface area contributed by atoms with Gasteiger partial charge in [-0.1, -0.05) is 6.07 Å². The Bertz CT molecular complexity index is 410. The van der Waals surface area contributed by atoms with Gasteiger partial charge < -0.3 is 10.6 Å². The molecule has 1 unspecified atom stereocenters. The van der Waals surface area contributed by atoms with Crippen molar-refractivity contribution in [3.8, 4) is 0 Å². The van der Waals surface area contributed by atoms with Crippen LogP contribution in [0.2, 0.25) is 0 Å². The summed E-state index contributed by atoms with van der Waals surface area (Å²) < 4.78 is 13.0. The standard InChI is InChI=1S/C11H14FN3O/c1-14-10(6-13)7-15(11(14)16)9-4-2-3-8(12)5-9/h2-5,10H,6-7,13H2,1H3. The fraction of sp³-hybridized carbons (Fsp3) is 0.364. The van der Waals surface area contributed by atoms with Crippen molar-refractivity contribution in [2.24, 2.45) is 5.73 Å². The van der Waals surface area contributed by atoms with E-state index < -0.39 is 0 Å². The maximum Gasteiger partial charge on any atom is 0.324 e. The van der Waals surface area contributed by atoms with E-state index in [1.165, 1.54) is 12.1 Å². The van der Waals surface area contributed by atoms with Crippen LogP contribution in [0.5, 0.6) is 0 Å². The molecule has 1 aliphatic rings. The second kappa shape index (κ2) is 4.09. The van der Waals surface area contributed by atoms with E-state index in [1.807, 2.05) is 0 Å². The third-order valence-corrected chi connectivity index (χ3v) is 2.87. The van der Waals surface area contributed by atoms with Gasteiger partial charge in [-0.05, 0) is 18.2 Å². The molecule has 0 aliphatic carbocycles. The minimum absolute atomic E-state index is 0.00392. The molecule has 16 heavy (non-hydrogen) atoms. The average Bonchev–Trinajstić information content (AvgIpc) is 2.56. The predicted octanol–water partition coefficient (Wildman–Crippen LogP) is 1.02. The molecule has 0 radical (unpaired) electrons. The van der Waals surface area contributed by atoms with E-state index >= 15 is 0 Å². The second-order valence-electron chi connectivity index (χ2n) is 3.87. The number of rotatable bonds is 2. The number of likely N-dealkylation sites (N-methyl/N-ethyl adjacent to an activating group) is 1. The first-order chi connectivity index (χ1) is 7.63. The predicted molar refractivity (Wildman–Crippen MR) is 59.7 cm³/mol. The molecule has 0 bridgehead atoms. The lowest BCUT2D eigenvalue weighted by Gasteiger charge is -2.16. The molecule has 0 saturated carbocycles. The number of hydrogen-bond acceptors (Lipinski definition) is 2. The molecule has 1 atom stereocenters. The van der Waals surface area contributed by atoms with Gasteiger partial charge in [-0.15, -0.1) is 0 Å². The molecule has 2 rings (SSSR count). The van der Waals surface area contributed by atoms with E-state index in [0.717, 1.165) is 0 Å². The summed E-state index contributed by atoms with van der Waals surface area (Å²) >= 11 is 0. The van der Waals surface area contributed by atoms with Crippen molar-refractivity contribution in [3.63, 3.8) is 0 Å². The lowest BCUT2D eigenvalue weighted by molar-refractivity contribution is 0.219. The van der Waals surface area contributed by atoms with Crippen molar-refractivity contribution in [1.82, 2.24) is 4.90 Å². The number of carbonyl (C=O) groups is 1. The molecular weight excluding hydrogens is 209 g/mol. The number of carbonyl (C=O) groups excluding carboxylic acids is 1. The molecule has 0 spiro atoms. The van der Waals surface area contributed by atoms with Gasteiger partial charge in [-0.25, -0.2) is 9.18 Å². The summed E-state index contributed by atoms with van der Waals surface area (Å²) in [6.07, 6.45) is 0. The van der Waals surface area contributed by atoms with E-state index in [4.69, 9.17) is 5.73 Å². The van der Waals surface area contributed by atoms with Crippen molar-refractivity contribution in [2.45, 2.75) is 6.04 Å². The molecule has 2 amide bonds. The van der Waals surface area contributed by atoms with Gasteiger partial charge in [0.05, 0.1) is 6.04 Å². The van der Waals surface area contributed by atoms with Gasteiger partial charge in [0.1, 0.15) is 5.82 Å². The van der Waals surface area contributed by atoms with Crippen LogP contribution >= 0.6 is 0 Å². The SMILES string of the molecule is CN1C(=O)N(c2cccc(F)c2)CC1CN.